The van der Waals surface area contributed by atoms with Crippen molar-refractivity contribution < 1.29 is 13.9 Å². The zero-order chi connectivity index (χ0) is 30.8. The molecular formula is C37H50FN3O2. The van der Waals surface area contributed by atoms with Crippen LogP contribution >= 0.6 is 0 Å². The van der Waals surface area contributed by atoms with Crippen LogP contribution in [0.25, 0.3) is 0 Å². The van der Waals surface area contributed by atoms with Crippen molar-refractivity contribution in [2.75, 3.05) is 31.7 Å². The van der Waals surface area contributed by atoms with E-state index in [1.807, 2.05) is 17.9 Å². The number of piperidine rings is 1. The Bertz CT molecular complexity index is 1340. The fourth-order valence-corrected chi connectivity index (χ4v) is 6.95. The number of amides is 1. The maximum absolute atomic E-state index is 15.0. The van der Waals surface area contributed by atoms with Crippen LogP contribution in [-0.4, -0.2) is 59.8 Å². The highest BCUT2D eigenvalue weighted by Gasteiger charge is 2.39. The van der Waals surface area contributed by atoms with Crippen LogP contribution < -0.4 is 5.32 Å². The Balaban J connectivity index is 1.35. The molecule has 1 aliphatic carbocycles. The number of halogens is 1. The van der Waals surface area contributed by atoms with Gasteiger partial charge in [0.25, 0.3) is 5.91 Å². The molecule has 0 saturated carbocycles. The number of aryl methyl sites for hydroxylation is 1. The Labute approximate surface area is 258 Å². The Morgan fingerprint density at radius 1 is 1.12 bits per heavy atom. The SMILES string of the molecule is Cc1cccc(F)c1C(=O)N1CCC[C@H](OCNc2cccc(C(C)(C)C)c2)[C@@H]1C1=CCC(CN2CCCC2(C)C)C=C1. The van der Waals surface area contributed by atoms with Crippen LogP contribution in [0.3, 0.4) is 0 Å². The van der Waals surface area contributed by atoms with Gasteiger partial charge in [0.1, 0.15) is 12.5 Å². The maximum atomic E-state index is 15.0. The van der Waals surface area contributed by atoms with E-state index >= 15 is 4.39 Å². The summed E-state index contributed by atoms with van der Waals surface area (Å²) in [6.07, 6.45) is 11.7. The van der Waals surface area contributed by atoms with Gasteiger partial charge in [-0.25, -0.2) is 4.39 Å². The van der Waals surface area contributed by atoms with E-state index in [0.717, 1.165) is 43.6 Å². The minimum Gasteiger partial charge on any atom is -0.363 e. The number of anilines is 1. The quantitative estimate of drug-likeness (QED) is 0.319. The molecule has 1 unspecified atom stereocenters. The number of rotatable bonds is 8. The second kappa shape index (κ2) is 13.0. The third-order valence-corrected chi connectivity index (χ3v) is 9.66. The van der Waals surface area contributed by atoms with Gasteiger partial charge < -0.3 is 15.0 Å². The lowest BCUT2D eigenvalue weighted by molar-refractivity contribution is -0.0163. The molecule has 0 bridgehead atoms. The largest absolute Gasteiger partial charge is 0.363 e. The fourth-order valence-electron chi connectivity index (χ4n) is 6.95. The number of hydrogen-bond acceptors (Lipinski definition) is 4. The van der Waals surface area contributed by atoms with Gasteiger partial charge in [0.15, 0.2) is 0 Å². The molecule has 6 heteroatoms. The van der Waals surface area contributed by atoms with E-state index in [-0.39, 0.29) is 34.6 Å². The summed E-state index contributed by atoms with van der Waals surface area (Å²) in [6, 6.07) is 13.0. The zero-order valence-electron chi connectivity index (χ0n) is 27.0. The van der Waals surface area contributed by atoms with Crippen molar-refractivity contribution in [1.82, 2.24) is 9.80 Å². The van der Waals surface area contributed by atoms with Crippen molar-refractivity contribution in [3.05, 3.63) is 88.8 Å². The van der Waals surface area contributed by atoms with Gasteiger partial charge in [-0.1, -0.05) is 63.3 Å². The smallest absolute Gasteiger partial charge is 0.257 e. The molecule has 2 aromatic carbocycles. The van der Waals surface area contributed by atoms with Crippen molar-refractivity contribution >= 4 is 11.6 Å². The van der Waals surface area contributed by atoms with Crippen LogP contribution in [-0.2, 0) is 10.2 Å². The summed E-state index contributed by atoms with van der Waals surface area (Å²) in [4.78, 5) is 18.5. The molecule has 43 heavy (non-hydrogen) atoms. The minimum absolute atomic E-state index is 0.0564. The second-order valence-electron chi connectivity index (χ2n) is 14.3. The number of likely N-dealkylation sites (tertiary alicyclic amines) is 2. The topological polar surface area (TPSA) is 44.8 Å². The third kappa shape index (κ3) is 7.24. The van der Waals surface area contributed by atoms with Crippen LogP contribution in [0.15, 0.2) is 66.3 Å². The highest BCUT2D eigenvalue weighted by Crippen LogP contribution is 2.34. The maximum Gasteiger partial charge on any atom is 0.257 e. The molecular weight excluding hydrogens is 537 g/mol. The van der Waals surface area contributed by atoms with Gasteiger partial charge in [0.2, 0.25) is 0 Å². The standard InChI is InChI=1S/C37H50FN3O2/c1-26-11-7-14-31(38)33(26)35(42)41-22-9-15-32(43-25-39-30-13-8-12-29(23-30)36(2,3)4)34(41)28-18-16-27(17-19-28)24-40-21-10-20-37(40,5)6/h7-8,11-14,16,18-19,23,27,32,34,39H,9-10,15,17,20-22,24-25H2,1-6H3/t27?,32-,34-/m0/s1. The fraction of sp³-hybridized carbons (Fsp3) is 0.541. The average Bonchev–Trinajstić information content (AvgIpc) is 3.30. The molecule has 0 radical (unpaired) electrons. The van der Waals surface area contributed by atoms with Crippen molar-refractivity contribution in [3.63, 3.8) is 0 Å². The lowest BCUT2D eigenvalue weighted by Crippen LogP contribution is -2.53. The van der Waals surface area contributed by atoms with Crippen molar-refractivity contribution in [3.8, 4) is 0 Å². The van der Waals surface area contributed by atoms with Gasteiger partial charge in [-0.15, -0.1) is 0 Å². The lowest BCUT2D eigenvalue weighted by atomic mass is 9.85. The molecule has 1 amide bonds. The van der Waals surface area contributed by atoms with Crippen LogP contribution in [0.2, 0.25) is 0 Å². The zero-order valence-corrected chi connectivity index (χ0v) is 27.0. The van der Waals surface area contributed by atoms with Gasteiger partial charge in [0.05, 0.1) is 17.7 Å². The number of hydrogen-bond donors (Lipinski definition) is 1. The monoisotopic (exact) mass is 587 g/mol. The molecule has 2 saturated heterocycles. The summed E-state index contributed by atoms with van der Waals surface area (Å²) in [6.45, 7) is 16.2. The van der Waals surface area contributed by atoms with Gasteiger partial charge in [0, 0.05) is 24.3 Å². The van der Waals surface area contributed by atoms with Crippen LogP contribution in [0.1, 0.15) is 88.2 Å². The lowest BCUT2D eigenvalue weighted by Gasteiger charge is -2.43. The first-order valence-corrected chi connectivity index (χ1v) is 16.1. The predicted molar refractivity (Wildman–Crippen MR) is 174 cm³/mol. The summed E-state index contributed by atoms with van der Waals surface area (Å²) in [5.41, 5.74) is 4.50. The summed E-state index contributed by atoms with van der Waals surface area (Å²) in [7, 11) is 0. The number of nitrogens with one attached hydrogen (secondary N) is 1. The highest BCUT2D eigenvalue weighted by molar-refractivity contribution is 5.96. The summed E-state index contributed by atoms with van der Waals surface area (Å²) >= 11 is 0. The minimum atomic E-state index is -0.464. The van der Waals surface area contributed by atoms with E-state index in [9.17, 15) is 4.79 Å². The summed E-state index contributed by atoms with van der Waals surface area (Å²) in [5, 5.41) is 3.45. The van der Waals surface area contributed by atoms with Gasteiger partial charge in [-0.05, 0) is 106 Å². The van der Waals surface area contributed by atoms with E-state index in [2.05, 4.69) is 87.3 Å². The normalized spacial score (nSPS) is 24.2. The van der Waals surface area contributed by atoms with Crippen LogP contribution in [0.5, 0.6) is 0 Å². The Hall–Kier alpha value is -2.96. The number of benzene rings is 2. The molecule has 2 aromatic rings. The number of ether oxygens (including phenoxy) is 1. The summed E-state index contributed by atoms with van der Waals surface area (Å²) in [5.74, 6) is -0.276. The van der Waals surface area contributed by atoms with Gasteiger partial charge in [-0.2, -0.15) is 0 Å². The number of carbonyl (C=O) groups excluding carboxylic acids is 1. The van der Waals surface area contributed by atoms with E-state index in [1.54, 1.807) is 6.07 Å². The van der Waals surface area contributed by atoms with Crippen molar-refractivity contribution in [2.45, 2.75) is 96.7 Å². The number of nitrogens with zero attached hydrogens (tertiary/aromatic N) is 2. The van der Waals surface area contributed by atoms with Crippen molar-refractivity contribution in [1.29, 1.82) is 0 Å². The predicted octanol–water partition coefficient (Wildman–Crippen LogP) is 7.87. The van der Waals surface area contributed by atoms with E-state index in [1.165, 1.54) is 24.5 Å². The van der Waals surface area contributed by atoms with Crippen LogP contribution in [0.4, 0.5) is 10.1 Å². The van der Waals surface area contributed by atoms with Crippen LogP contribution in [0, 0.1) is 18.7 Å². The number of allylic oxidation sites excluding steroid dienone is 1. The molecule has 2 heterocycles. The number of carbonyl (C=O) groups is 1. The Kier molecular flexibility index (Phi) is 9.48. The van der Waals surface area contributed by atoms with E-state index in [0.29, 0.717) is 24.8 Å². The average molecular weight is 588 g/mol. The molecule has 0 aromatic heterocycles. The highest BCUT2D eigenvalue weighted by atomic mass is 19.1. The molecule has 232 valence electrons. The van der Waals surface area contributed by atoms with E-state index < -0.39 is 5.82 Å². The molecule has 3 atom stereocenters. The Morgan fingerprint density at radius 3 is 2.58 bits per heavy atom. The molecule has 5 rings (SSSR count). The first-order valence-electron chi connectivity index (χ1n) is 16.1. The molecule has 3 aliphatic rings. The molecule has 5 nitrogen and oxygen atoms in total. The van der Waals surface area contributed by atoms with E-state index in [4.69, 9.17) is 4.74 Å². The second-order valence-corrected chi connectivity index (χ2v) is 14.3. The molecule has 2 fully saturated rings. The van der Waals surface area contributed by atoms with Gasteiger partial charge >= 0.3 is 0 Å². The molecule has 1 N–H and O–H groups in total. The van der Waals surface area contributed by atoms with Crippen molar-refractivity contribution in [2.24, 2.45) is 5.92 Å². The third-order valence-electron chi connectivity index (χ3n) is 9.66. The molecule has 0 spiro atoms. The molecule has 2 aliphatic heterocycles. The van der Waals surface area contributed by atoms with Gasteiger partial charge in [-0.3, -0.25) is 9.69 Å². The first kappa shape index (κ1) is 31.5. The first-order chi connectivity index (χ1) is 20.4. The Morgan fingerprint density at radius 2 is 1.91 bits per heavy atom. The summed E-state index contributed by atoms with van der Waals surface area (Å²) < 4.78 is 21.5.